The Balaban J connectivity index is 1.67. The summed E-state index contributed by atoms with van der Waals surface area (Å²) in [4.78, 5) is 26.9. The molecule has 2 rings (SSSR count). The lowest BCUT2D eigenvalue weighted by atomic mass is 10.0. The minimum Gasteiger partial charge on any atom is -0.481 e. The molecule has 5 nitrogen and oxygen atoms in total. The lowest BCUT2D eigenvalue weighted by Crippen LogP contribution is -2.49. The second-order valence-electron chi connectivity index (χ2n) is 5.51. The second-order valence-corrected chi connectivity index (χ2v) is 6.73. The number of likely N-dealkylation sites (tertiary alicyclic amines) is 1. The number of piperidine rings is 1. The first-order valence-electron chi connectivity index (χ1n) is 7.48. The van der Waals surface area contributed by atoms with Gasteiger partial charge in [0.05, 0.1) is 0 Å². The maximum Gasteiger partial charge on any atom is 0.303 e. The molecular weight excluding hydrogens is 276 g/mol. The molecule has 0 spiro atoms. The molecule has 2 fully saturated rings. The minimum absolute atomic E-state index is 0.0909. The van der Waals surface area contributed by atoms with E-state index in [2.05, 4.69) is 4.90 Å². The Morgan fingerprint density at radius 1 is 1.05 bits per heavy atom. The van der Waals surface area contributed by atoms with Crippen LogP contribution >= 0.6 is 11.8 Å². The molecule has 0 aromatic carbocycles. The Kier molecular flexibility index (Phi) is 6.16. The summed E-state index contributed by atoms with van der Waals surface area (Å²) in [5, 5.41) is 8.58. The number of thioether (sulfide) groups is 1. The zero-order chi connectivity index (χ0) is 14.4. The number of hydrogen-bond acceptors (Lipinski definition) is 4. The molecule has 0 bridgehead atoms. The lowest BCUT2D eigenvalue weighted by Gasteiger charge is -2.40. The number of aliphatic carboxylic acids is 1. The third kappa shape index (κ3) is 4.66. The number of carbonyl (C=O) groups excluding carboxylic acids is 1. The molecule has 2 aliphatic rings. The van der Waals surface area contributed by atoms with Crippen molar-refractivity contribution in [3.05, 3.63) is 0 Å². The fourth-order valence-corrected chi connectivity index (χ4v) is 3.90. The highest BCUT2D eigenvalue weighted by Crippen LogP contribution is 2.21. The molecule has 1 amide bonds. The maximum absolute atomic E-state index is 12.0. The van der Waals surface area contributed by atoms with Gasteiger partial charge in [0, 0.05) is 56.6 Å². The Bertz CT molecular complexity index is 337. The third-order valence-corrected chi connectivity index (χ3v) is 5.10. The van der Waals surface area contributed by atoms with E-state index in [4.69, 9.17) is 5.11 Å². The van der Waals surface area contributed by atoms with E-state index < -0.39 is 5.97 Å². The SMILES string of the molecule is O=C(O)CCCC(=O)N1CCC(N2CCSCC2)CC1. The first-order chi connectivity index (χ1) is 9.66. The van der Waals surface area contributed by atoms with E-state index in [1.165, 1.54) is 24.6 Å². The molecule has 0 aromatic rings. The quantitative estimate of drug-likeness (QED) is 0.829. The molecule has 114 valence electrons. The number of amides is 1. The van der Waals surface area contributed by atoms with E-state index in [1.54, 1.807) is 0 Å². The Labute approximate surface area is 124 Å². The van der Waals surface area contributed by atoms with Crippen LogP contribution in [0.4, 0.5) is 0 Å². The van der Waals surface area contributed by atoms with E-state index >= 15 is 0 Å². The zero-order valence-electron chi connectivity index (χ0n) is 11.9. The van der Waals surface area contributed by atoms with Gasteiger partial charge in [-0.05, 0) is 19.3 Å². The molecule has 2 heterocycles. The highest BCUT2D eigenvalue weighted by atomic mass is 32.2. The van der Waals surface area contributed by atoms with Gasteiger partial charge in [0.25, 0.3) is 0 Å². The summed E-state index contributed by atoms with van der Waals surface area (Å²) in [6.07, 6.45) is 3.05. The molecule has 2 saturated heterocycles. The topological polar surface area (TPSA) is 60.9 Å². The summed E-state index contributed by atoms with van der Waals surface area (Å²) in [7, 11) is 0. The van der Waals surface area contributed by atoms with Crippen LogP contribution in [0.25, 0.3) is 0 Å². The van der Waals surface area contributed by atoms with Gasteiger partial charge in [-0.1, -0.05) is 0 Å². The molecule has 0 unspecified atom stereocenters. The van der Waals surface area contributed by atoms with Crippen LogP contribution in [-0.4, -0.2) is 70.5 Å². The highest BCUT2D eigenvalue weighted by Gasteiger charge is 2.27. The monoisotopic (exact) mass is 300 g/mol. The van der Waals surface area contributed by atoms with Crippen molar-refractivity contribution in [1.82, 2.24) is 9.80 Å². The van der Waals surface area contributed by atoms with Crippen molar-refractivity contribution >= 4 is 23.6 Å². The van der Waals surface area contributed by atoms with Crippen LogP contribution < -0.4 is 0 Å². The van der Waals surface area contributed by atoms with E-state index in [9.17, 15) is 9.59 Å². The summed E-state index contributed by atoms with van der Waals surface area (Å²) in [6, 6.07) is 0.638. The van der Waals surface area contributed by atoms with Crippen LogP contribution in [0.1, 0.15) is 32.1 Å². The van der Waals surface area contributed by atoms with Crippen LogP contribution in [0.5, 0.6) is 0 Å². The fourth-order valence-electron chi connectivity index (χ4n) is 2.97. The summed E-state index contributed by atoms with van der Waals surface area (Å²) >= 11 is 2.03. The normalized spacial score (nSPS) is 21.9. The molecule has 20 heavy (non-hydrogen) atoms. The maximum atomic E-state index is 12.0. The predicted molar refractivity (Wildman–Crippen MR) is 80.0 cm³/mol. The number of hydrogen-bond donors (Lipinski definition) is 1. The van der Waals surface area contributed by atoms with Crippen molar-refractivity contribution in [3.63, 3.8) is 0 Å². The van der Waals surface area contributed by atoms with Crippen molar-refractivity contribution in [2.24, 2.45) is 0 Å². The smallest absolute Gasteiger partial charge is 0.303 e. The zero-order valence-corrected chi connectivity index (χ0v) is 12.7. The van der Waals surface area contributed by atoms with Crippen LogP contribution in [-0.2, 0) is 9.59 Å². The van der Waals surface area contributed by atoms with Crippen molar-refractivity contribution in [2.45, 2.75) is 38.1 Å². The predicted octanol–water partition coefficient (Wildman–Crippen LogP) is 1.28. The molecular formula is C14H24N2O3S. The number of carboxylic acid groups (broad SMARTS) is 1. The van der Waals surface area contributed by atoms with Crippen molar-refractivity contribution in [3.8, 4) is 0 Å². The van der Waals surface area contributed by atoms with Crippen LogP contribution in [0, 0.1) is 0 Å². The van der Waals surface area contributed by atoms with Gasteiger partial charge in [0.1, 0.15) is 0 Å². The standard InChI is InChI=1S/C14H24N2O3S/c17-13(2-1-3-14(18)19)16-6-4-12(5-7-16)15-8-10-20-11-9-15/h12H,1-11H2,(H,18,19). The minimum atomic E-state index is -0.820. The van der Waals surface area contributed by atoms with E-state index in [-0.39, 0.29) is 12.3 Å². The Morgan fingerprint density at radius 2 is 1.70 bits per heavy atom. The first-order valence-corrected chi connectivity index (χ1v) is 8.63. The van der Waals surface area contributed by atoms with Gasteiger partial charge in [-0.25, -0.2) is 0 Å². The number of nitrogens with zero attached hydrogens (tertiary/aromatic N) is 2. The van der Waals surface area contributed by atoms with Gasteiger partial charge in [-0.2, -0.15) is 11.8 Å². The highest BCUT2D eigenvalue weighted by molar-refractivity contribution is 7.99. The van der Waals surface area contributed by atoms with Crippen molar-refractivity contribution in [2.75, 3.05) is 37.7 Å². The molecule has 0 aliphatic carbocycles. The van der Waals surface area contributed by atoms with Crippen molar-refractivity contribution in [1.29, 1.82) is 0 Å². The summed E-state index contributed by atoms with van der Waals surface area (Å²) in [5.41, 5.74) is 0. The average molecular weight is 300 g/mol. The first kappa shape index (κ1) is 15.6. The van der Waals surface area contributed by atoms with Crippen LogP contribution in [0.15, 0.2) is 0 Å². The van der Waals surface area contributed by atoms with E-state index in [1.807, 2.05) is 16.7 Å². The van der Waals surface area contributed by atoms with Gasteiger partial charge < -0.3 is 10.0 Å². The van der Waals surface area contributed by atoms with Gasteiger partial charge in [0.2, 0.25) is 5.91 Å². The summed E-state index contributed by atoms with van der Waals surface area (Å²) < 4.78 is 0. The molecule has 0 atom stereocenters. The number of carbonyl (C=O) groups is 2. The molecule has 6 heteroatoms. The Morgan fingerprint density at radius 3 is 2.30 bits per heavy atom. The Hall–Kier alpha value is -0.750. The third-order valence-electron chi connectivity index (χ3n) is 4.16. The molecule has 2 aliphatic heterocycles. The molecule has 0 saturated carbocycles. The van der Waals surface area contributed by atoms with Gasteiger partial charge >= 0.3 is 5.97 Å². The summed E-state index contributed by atoms with van der Waals surface area (Å²) in [6.45, 7) is 4.03. The van der Waals surface area contributed by atoms with E-state index in [0.29, 0.717) is 18.9 Å². The second kappa shape index (κ2) is 7.88. The van der Waals surface area contributed by atoms with Crippen molar-refractivity contribution < 1.29 is 14.7 Å². The lowest BCUT2D eigenvalue weighted by molar-refractivity contribution is -0.137. The molecule has 0 aromatic heterocycles. The van der Waals surface area contributed by atoms with Gasteiger partial charge in [-0.15, -0.1) is 0 Å². The largest absolute Gasteiger partial charge is 0.481 e. The fraction of sp³-hybridized carbons (Fsp3) is 0.857. The van der Waals surface area contributed by atoms with Crippen LogP contribution in [0.2, 0.25) is 0 Å². The summed E-state index contributed by atoms with van der Waals surface area (Å²) in [5.74, 6) is 1.77. The van der Waals surface area contributed by atoms with E-state index in [0.717, 1.165) is 25.9 Å². The number of rotatable bonds is 5. The average Bonchev–Trinajstić information content (AvgIpc) is 2.48. The van der Waals surface area contributed by atoms with Gasteiger partial charge in [0.15, 0.2) is 0 Å². The van der Waals surface area contributed by atoms with Gasteiger partial charge in [-0.3, -0.25) is 14.5 Å². The number of carboxylic acids is 1. The molecule has 1 N–H and O–H groups in total. The molecule has 0 radical (unpaired) electrons. The van der Waals surface area contributed by atoms with Crippen LogP contribution in [0.3, 0.4) is 0 Å².